The second kappa shape index (κ2) is 5.82. The van der Waals surface area contributed by atoms with Crippen LogP contribution < -0.4 is 0 Å². The summed E-state index contributed by atoms with van der Waals surface area (Å²) in [6.07, 6.45) is 3.46. The number of fused-ring (bicyclic) bond motifs is 1. The number of hydrogen-bond acceptors (Lipinski definition) is 5. The molecule has 1 N–H and O–H groups in total. The van der Waals surface area contributed by atoms with Gasteiger partial charge in [0.05, 0.1) is 18.3 Å². The molecule has 7 nitrogen and oxygen atoms in total. The summed E-state index contributed by atoms with van der Waals surface area (Å²) in [7, 11) is 0. The number of β-amino-alcohol motifs (C(OH)–C–C–N with tert-alkyl or cyclic N) is 1. The number of carbonyl (C=O) groups excluding carboxylic acids is 1. The highest BCUT2D eigenvalue weighted by Gasteiger charge is 2.39. The molecule has 7 heteroatoms. The predicted octanol–water partition coefficient (Wildman–Crippen LogP) is 0.627. The molecule has 0 bridgehead atoms. The van der Waals surface area contributed by atoms with Crippen LogP contribution >= 0.6 is 0 Å². The highest BCUT2D eigenvalue weighted by atomic mass is 16.3. The van der Waals surface area contributed by atoms with Crippen LogP contribution in [0, 0.1) is 13.8 Å². The first-order valence-corrected chi connectivity index (χ1v) is 8.58. The molecule has 0 spiro atoms. The van der Waals surface area contributed by atoms with Crippen molar-refractivity contribution >= 4 is 11.6 Å². The fraction of sp³-hybridized carbons (Fsp3) is 0.588. The van der Waals surface area contributed by atoms with Crippen LogP contribution in [-0.4, -0.2) is 73.7 Å². The van der Waals surface area contributed by atoms with Gasteiger partial charge in [0.25, 0.3) is 5.91 Å². The van der Waals surface area contributed by atoms with E-state index in [1.165, 1.54) is 12.8 Å². The molecule has 128 valence electrons. The van der Waals surface area contributed by atoms with Crippen LogP contribution in [0.15, 0.2) is 12.3 Å². The minimum Gasteiger partial charge on any atom is -0.390 e. The Bertz CT molecular complexity index is 781. The Balaban J connectivity index is 1.60. The van der Waals surface area contributed by atoms with Gasteiger partial charge in [-0.25, -0.2) is 9.50 Å². The minimum atomic E-state index is -0.481. The Labute approximate surface area is 140 Å². The van der Waals surface area contributed by atoms with E-state index >= 15 is 0 Å². The van der Waals surface area contributed by atoms with E-state index in [9.17, 15) is 9.90 Å². The molecule has 0 unspecified atom stereocenters. The monoisotopic (exact) mass is 329 g/mol. The van der Waals surface area contributed by atoms with Gasteiger partial charge >= 0.3 is 0 Å². The second-order valence-corrected chi connectivity index (χ2v) is 6.92. The molecule has 2 aliphatic rings. The van der Waals surface area contributed by atoms with E-state index in [0.717, 1.165) is 24.5 Å². The van der Waals surface area contributed by atoms with E-state index in [1.807, 2.05) is 19.9 Å². The van der Waals surface area contributed by atoms with Crippen molar-refractivity contribution in [3.8, 4) is 0 Å². The molecule has 2 saturated heterocycles. The van der Waals surface area contributed by atoms with Gasteiger partial charge in [-0.2, -0.15) is 5.10 Å². The molecule has 2 fully saturated rings. The van der Waals surface area contributed by atoms with Gasteiger partial charge in [-0.15, -0.1) is 0 Å². The van der Waals surface area contributed by atoms with Crippen molar-refractivity contribution in [2.24, 2.45) is 0 Å². The lowest BCUT2D eigenvalue weighted by atomic mass is 10.2. The Morgan fingerprint density at radius 2 is 2.00 bits per heavy atom. The van der Waals surface area contributed by atoms with Crippen LogP contribution in [0.3, 0.4) is 0 Å². The molecule has 4 rings (SSSR count). The Morgan fingerprint density at radius 1 is 1.25 bits per heavy atom. The normalized spacial score (nSPS) is 25.0. The van der Waals surface area contributed by atoms with Crippen LogP contribution in [0.2, 0.25) is 0 Å². The van der Waals surface area contributed by atoms with Crippen molar-refractivity contribution in [1.82, 2.24) is 24.4 Å². The van der Waals surface area contributed by atoms with Crippen LogP contribution in [0.25, 0.3) is 5.65 Å². The van der Waals surface area contributed by atoms with Gasteiger partial charge in [-0.3, -0.25) is 9.69 Å². The first kappa shape index (κ1) is 15.5. The lowest BCUT2D eigenvalue weighted by molar-refractivity contribution is 0.0765. The third-order valence-electron chi connectivity index (χ3n) is 5.16. The lowest BCUT2D eigenvalue weighted by Gasteiger charge is -2.25. The highest BCUT2D eigenvalue weighted by Crippen LogP contribution is 2.23. The van der Waals surface area contributed by atoms with Gasteiger partial charge in [0.15, 0.2) is 5.65 Å². The molecular formula is C17H23N5O2. The maximum Gasteiger partial charge on any atom is 0.259 e. The maximum absolute atomic E-state index is 13.0. The van der Waals surface area contributed by atoms with Gasteiger partial charge in [0.2, 0.25) is 0 Å². The van der Waals surface area contributed by atoms with Crippen molar-refractivity contribution in [2.75, 3.05) is 26.2 Å². The topological polar surface area (TPSA) is 74.0 Å². The molecule has 0 aromatic carbocycles. The zero-order valence-corrected chi connectivity index (χ0v) is 14.1. The van der Waals surface area contributed by atoms with E-state index in [2.05, 4.69) is 15.0 Å². The zero-order valence-electron chi connectivity index (χ0n) is 14.1. The minimum absolute atomic E-state index is 0.0507. The van der Waals surface area contributed by atoms with Crippen molar-refractivity contribution in [2.45, 2.75) is 38.8 Å². The SMILES string of the molecule is Cc1cc(C)n2ncc(C(=O)N3C[C@H](O)[C@@H](N4CCCC4)C3)c2n1. The van der Waals surface area contributed by atoms with Crippen LogP contribution in [0.5, 0.6) is 0 Å². The van der Waals surface area contributed by atoms with Crippen LogP contribution in [0.4, 0.5) is 0 Å². The molecule has 2 aliphatic heterocycles. The Kier molecular flexibility index (Phi) is 3.77. The summed E-state index contributed by atoms with van der Waals surface area (Å²) in [5, 5.41) is 14.7. The summed E-state index contributed by atoms with van der Waals surface area (Å²) in [5.74, 6) is -0.0942. The molecule has 0 radical (unpaired) electrons. The molecule has 2 aromatic rings. The number of rotatable bonds is 2. The molecule has 24 heavy (non-hydrogen) atoms. The van der Waals surface area contributed by atoms with Gasteiger partial charge in [0, 0.05) is 24.5 Å². The number of hydrogen-bond donors (Lipinski definition) is 1. The van der Waals surface area contributed by atoms with Gasteiger partial charge in [0.1, 0.15) is 5.56 Å². The number of likely N-dealkylation sites (tertiary alicyclic amines) is 2. The number of aliphatic hydroxyl groups is 1. The van der Waals surface area contributed by atoms with E-state index in [0.29, 0.717) is 24.3 Å². The lowest BCUT2D eigenvalue weighted by Crippen LogP contribution is -2.41. The first-order valence-electron chi connectivity index (χ1n) is 8.58. The molecule has 0 saturated carbocycles. The number of aromatic nitrogens is 3. The summed E-state index contributed by atoms with van der Waals surface area (Å²) < 4.78 is 1.70. The Morgan fingerprint density at radius 3 is 2.75 bits per heavy atom. The molecule has 1 amide bonds. The third-order valence-corrected chi connectivity index (χ3v) is 5.16. The second-order valence-electron chi connectivity index (χ2n) is 6.92. The molecule has 0 aliphatic carbocycles. The number of aliphatic hydroxyl groups excluding tert-OH is 1. The van der Waals surface area contributed by atoms with E-state index in [4.69, 9.17) is 0 Å². The van der Waals surface area contributed by atoms with Crippen molar-refractivity contribution in [1.29, 1.82) is 0 Å². The smallest absolute Gasteiger partial charge is 0.259 e. The van der Waals surface area contributed by atoms with Crippen molar-refractivity contribution < 1.29 is 9.90 Å². The third kappa shape index (κ3) is 2.48. The fourth-order valence-electron chi connectivity index (χ4n) is 3.96. The summed E-state index contributed by atoms with van der Waals surface area (Å²) in [6.45, 7) is 6.84. The molecule has 2 atom stereocenters. The molecule has 2 aromatic heterocycles. The average molecular weight is 329 g/mol. The number of nitrogens with zero attached hydrogens (tertiary/aromatic N) is 5. The van der Waals surface area contributed by atoms with E-state index in [1.54, 1.807) is 15.6 Å². The summed E-state index contributed by atoms with van der Waals surface area (Å²) >= 11 is 0. The number of aryl methyl sites for hydroxylation is 2. The highest BCUT2D eigenvalue weighted by molar-refractivity contribution is 5.99. The van der Waals surface area contributed by atoms with Crippen molar-refractivity contribution in [3.63, 3.8) is 0 Å². The average Bonchev–Trinajstić information content (AvgIpc) is 3.24. The van der Waals surface area contributed by atoms with Gasteiger partial charge in [-0.05, 0) is 45.8 Å². The number of carbonyl (C=O) groups is 1. The Hall–Kier alpha value is -1.99. The zero-order chi connectivity index (χ0) is 16.8. The van der Waals surface area contributed by atoms with Gasteiger partial charge < -0.3 is 10.0 Å². The molecule has 4 heterocycles. The quantitative estimate of drug-likeness (QED) is 0.875. The van der Waals surface area contributed by atoms with Crippen LogP contribution in [0.1, 0.15) is 34.6 Å². The first-order chi connectivity index (χ1) is 11.5. The van der Waals surface area contributed by atoms with Crippen LogP contribution in [-0.2, 0) is 0 Å². The molecular weight excluding hydrogens is 306 g/mol. The largest absolute Gasteiger partial charge is 0.390 e. The summed E-state index contributed by atoms with van der Waals surface area (Å²) in [5.41, 5.74) is 2.92. The standard InChI is InChI=1S/C17H23N5O2/c1-11-7-12(2)22-16(19-11)13(8-18-22)17(24)21-9-14(15(23)10-21)20-5-3-4-6-20/h7-8,14-15,23H,3-6,9-10H2,1-2H3/t14-,15-/m0/s1. The van der Waals surface area contributed by atoms with E-state index < -0.39 is 6.10 Å². The fourth-order valence-corrected chi connectivity index (χ4v) is 3.96. The number of amides is 1. The summed E-state index contributed by atoms with van der Waals surface area (Å²) in [4.78, 5) is 21.5. The maximum atomic E-state index is 13.0. The summed E-state index contributed by atoms with van der Waals surface area (Å²) in [6, 6.07) is 1.99. The van der Waals surface area contributed by atoms with Gasteiger partial charge in [-0.1, -0.05) is 0 Å². The predicted molar refractivity (Wildman–Crippen MR) is 89.0 cm³/mol. The van der Waals surface area contributed by atoms with E-state index in [-0.39, 0.29) is 11.9 Å². The van der Waals surface area contributed by atoms with Crippen molar-refractivity contribution in [3.05, 3.63) is 29.2 Å².